The molecule has 3 N–H and O–H groups in total. The molecule has 0 bridgehead atoms. The summed E-state index contributed by atoms with van der Waals surface area (Å²) in [7, 11) is 1.55. The van der Waals surface area contributed by atoms with E-state index in [0.29, 0.717) is 28.6 Å². The minimum absolute atomic E-state index is 0. The molecule has 2 aromatic rings. The second kappa shape index (κ2) is 7.93. The molecule has 0 aromatic heterocycles. The lowest BCUT2D eigenvalue weighted by Gasteiger charge is -2.09. The maximum Gasteiger partial charge on any atom is 0.255 e. The lowest BCUT2D eigenvalue weighted by Crippen LogP contribution is -2.12. The summed E-state index contributed by atoms with van der Waals surface area (Å²) >= 11 is 0. The summed E-state index contributed by atoms with van der Waals surface area (Å²) in [5.41, 5.74) is 7.51. The molecule has 5 nitrogen and oxygen atoms in total. The van der Waals surface area contributed by atoms with Crippen LogP contribution < -0.4 is 20.5 Å². The van der Waals surface area contributed by atoms with Crippen LogP contribution in [0, 0.1) is 5.92 Å². The average Bonchev–Trinajstić information content (AvgIpc) is 3.38. The molecule has 2 aromatic carbocycles. The van der Waals surface area contributed by atoms with E-state index in [1.54, 1.807) is 37.4 Å². The first-order valence-electron chi connectivity index (χ1n) is 7.63. The van der Waals surface area contributed by atoms with Crippen LogP contribution in [-0.2, 0) is 0 Å². The zero-order valence-electron chi connectivity index (χ0n) is 13.5. The molecule has 1 aliphatic rings. The highest BCUT2D eigenvalue weighted by Crippen LogP contribution is 2.29. The number of carbonyl (C=O) groups is 1. The van der Waals surface area contributed by atoms with Crippen molar-refractivity contribution >= 4 is 29.7 Å². The number of halogens is 1. The monoisotopic (exact) mass is 348 g/mol. The average molecular weight is 349 g/mol. The SMILES string of the molecule is COc1ccc(NC(=O)c2ccc(OCC3CC3)cc2)cc1N.Cl. The Bertz CT molecular complexity index is 700. The molecule has 1 aliphatic carbocycles. The van der Waals surface area contributed by atoms with Gasteiger partial charge in [0.1, 0.15) is 11.5 Å². The summed E-state index contributed by atoms with van der Waals surface area (Å²) in [6.07, 6.45) is 2.51. The van der Waals surface area contributed by atoms with E-state index in [-0.39, 0.29) is 18.3 Å². The lowest BCUT2D eigenvalue weighted by molar-refractivity contribution is 0.102. The summed E-state index contributed by atoms with van der Waals surface area (Å²) in [4.78, 5) is 12.2. The summed E-state index contributed by atoms with van der Waals surface area (Å²) in [5.74, 6) is 1.89. The van der Waals surface area contributed by atoms with E-state index in [2.05, 4.69) is 5.32 Å². The van der Waals surface area contributed by atoms with E-state index < -0.39 is 0 Å². The van der Waals surface area contributed by atoms with Gasteiger partial charge in [-0.3, -0.25) is 4.79 Å². The van der Waals surface area contributed by atoms with Crippen LogP contribution in [0.25, 0.3) is 0 Å². The van der Waals surface area contributed by atoms with Gasteiger partial charge in [-0.25, -0.2) is 0 Å². The summed E-state index contributed by atoms with van der Waals surface area (Å²) in [5, 5.41) is 2.81. The maximum absolute atomic E-state index is 12.2. The number of hydrogen-bond acceptors (Lipinski definition) is 4. The molecule has 1 fully saturated rings. The van der Waals surface area contributed by atoms with Crippen LogP contribution in [0.2, 0.25) is 0 Å². The van der Waals surface area contributed by atoms with Crippen LogP contribution >= 0.6 is 12.4 Å². The number of hydrogen-bond donors (Lipinski definition) is 2. The minimum Gasteiger partial charge on any atom is -0.495 e. The number of nitrogens with two attached hydrogens (primary N) is 1. The van der Waals surface area contributed by atoms with Gasteiger partial charge in [0.15, 0.2) is 0 Å². The molecule has 128 valence electrons. The van der Waals surface area contributed by atoms with Crippen LogP contribution in [0.4, 0.5) is 11.4 Å². The molecule has 24 heavy (non-hydrogen) atoms. The topological polar surface area (TPSA) is 73.6 Å². The number of benzene rings is 2. The van der Waals surface area contributed by atoms with Gasteiger partial charge < -0.3 is 20.5 Å². The number of carbonyl (C=O) groups excluding carboxylic acids is 1. The highest BCUT2D eigenvalue weighted by molar-refractivity contribution is 6.04. The summed E-state index contributed by atoms with van der Waals surface area (Å²) in [6.45, 7) is 0.761. The molecule has 1 amide bonds. The molecule has 0 unspecified atom stereocenters. The molecule has 0 spiro atoms. The van der Waals surface area contributed by atoms with Gasteiger partial charge in [0.25, 0.3) is 5.91 Å². The number of nitrogen functional groups attached to an aromatic ring is 1. The van der Waals surface area contributed by atoms with Gasteiger partial charge in [-0.15, -0.1) is 12.4 Å². The Balaban J connectivity index is 0.00000208. The fraction of sp³-hybridized carbons (Fsp3) is 0.278. The Morgan fingerprint density at radius 3 is 2.50 bits per heavy atom. The molecule has 6 heteroatoms. The number of rotatable bonds is 6. The first-order valence-corrected chi connectivity index (χ1v) is 7.63. The first kappa shape index (κ1) is 17.9. The predicted octanol–water partition coefficient (Wildman–Crippen LogP) is 3.74. The Hall–Kier alpha value is -2.40. The molecule has 0 atom stereocenters. The Morgan fingerprint density at radius 1 is 1.21 bits per heavy atom. The molecule has 0 aliphatic heterocycles. The number of ether oxygens (including phenoxy) is 2. The molecular formula is C18H21ClN2O3. The second-order valence-corrected chi connectivity index (χ2v) is 5.69. The van der Waals surface area contributed by atoms with E-state index in [1.807, 2.05) is 12.1 Å². The van der Waals surface area contributed by atoms with Crippen molar-refractivity contribution in [3.8, 4) is 11.5 Å². The summed E-state index contributed by atoms with van der Waals surface area (Å²) in [6, 6.07) is 12.3. The van der Waals surface area contributed by atoms with E-state index in [9.17, 15) is 4.79 Å². The third-order valence-electron chi connectivity index (χ3n) is 3.79. The van der Waals surface area contributed by atoms with E-state index in [1.165, 1.54) is 12.8 Å². The Morgan fingerprint density at radius 2 is 1.92 bits per heavy atom. The van der Waals surface area contributed by atoms with Gasteiger partial charge >= 0.3 is 0 Å². The quantitative estimate of drug-likeness (QED) is 0.780. The van der Waals surface area contributed by atoms with Crippen molar-refractivity contribution in [3.05, 3.63) is 48.0 Å². The van der Waals surface area contributed by atoms with Crippen LogP contribution in [0.15, 0.2) is 42.5 Å². The predicted molar refractivity (Wildman–Crippen MR) is 97.3 cm³/mol. The van der Waals surface area contributed by atoms with E-state index in [4.69, 9.17) is 15.2 Å². The zero-order chi connectivity index (χ0) is 16.2. The first-order chi connectivity index (χ1) is 11.2. The third kappa shape index (κ3) is 4.55. The van der Waals surface area contributed by atoms with Crippen molar-refractivity contribution in [2.75, 3.05) is 24.8 Å². The van der Waals surface area contributed by atoms with E-state index >= 15 is 0 Å². The molecular weight excluding hydrogens is 328 g/mol. The van der Waals surface area contributed by atoms with Crippen LogP contribution in [0.1, 0.15) is 23.2 Å². The van der Waals surface area contributed by atoms with Gasteiger partial charge in [-0.05, 0) is 61.2 Å². The van der Waals surface area contributed by atoms with Crippen LogP contribution in [0.3, 0.4) is 0 Å². The van der Waals surface area contributed by atoms with Crippen molar-refractivity contribution in [2.45, 2.75) is 12.8 Å². The fourth-order valence-corrected chi connectivity index (χ4v) is 2.22. The van der Waals surface area contributed by atoms with Crippen molar-refractivity contribution in [1.82, 2.24) is 0 Å². The standard InChI is InChI=1S/C18H20N2O3.ClH/c1-22-17-9-6-14(10-16(17)19)20-18(21)13-4-7-15(8-5-13)23-11-12-2-3-12;/h4-10,12H,2-3,11,19H2,1H3,(H,20,21);1H. The molecule has 1 saturated carbocycles. The zero-order valence-corrected chi connectivity index (χ0v) is 14.3. The number of anilines is 2. The van der Waals surface area contributed by atoms with Crippen LogP contribution in [-0.4, -0.2) is 19.6 Å². The molecule has 0 heterocycles. The molecule has 0 radical (unpaired) electrons. The van der Waals surface area contributed by atoms with Crippen LogP contribution in [0.5, 0.6) is 11.5 Å². The van der Waals surface area contributed by atoms with Gasteiger partial charge in [0, 0.05) is 11.3 Å². The summed E-state index contributed by atoms with van der Waals surface area (Å²) < 4.78 is 10.8. The van der Waals surface area contributed by atoms with Crippen molar-refractivity contribution in [1.29, 1.82) is 0 Å². The minimum atomic E-state index is -0.191. The molecule has 0 saturated heterocycles. The second-order valence-electron chi connectivity index (χ2n) is 5.69. The largest absolute Gasteiger partial charge is 0.495 e. The maximum atomic E-state index is 12.2. The normalized spacial score (nSPS) is 12.9. The Kier molecular flexibility index (Phi) is 5.93. The molecule has 3 rings (SSSR count). The van der Waals surface area contributed by atoms with Gasteiger partial charge in [0.05, 0.1) is 19.4 Å². The van der Waals surface area contributed by atoms with Gasteiger partial charge in [0.2, 0.25) is 0 Å². The van der Waals surface area contributed by atoms with Crippen molar-refractivity contribution < 1.29 is 14.3 Å². The highest BCUT2D eigenvalue weighted by Gasteiger charge is 2.21. The smallest absolute Gasteiger partial charge is 0.255 e. The van der Waals surface area contributed by atoms with Gasteiger partial charge in [-0.2, -0.15) is 0 Å². The lowest BCUT2D eigenvalue weighted by atomic mass is 10.2. The number of amides is 1. The Labute approximate surface area is 147 Å². The highest BCUT2D eigenvalue weighted by atomic mass is 35.5. The van der Waals surface area contributed by atoms with Gasteiger partial charge in [-0.1, -0.05) is 0 Å². The fourth-order valence-electron chi connectivity index (χ4n) is 2.22. The number of nitrogens with one attached hydrogen (secondary N) is 1. The van der Waals surface area contributed by atoms with E-state index in [0.717, 1.165) is 12.4 Å². The number of methoxy groups -OCH3 is 1. The third-order valence-corrected chi connectivity index (χ3v) is 3.79. The van der Waals surface area contributed by atoms with Crippen molar-refractivity contribution in [2.24, 2.45) is 5.92 Å². The van der Waals surface area contributed by atoms with Crippen molar-refractivity contribution in [3.63, 3.8) is 0 Å².